The number of ether oxygens (including phenoxy) is 2. The van der Waals surface area contributed by atoms with Crippen molar-refractivity contribution in [2.75, 3.05) is 19.8 Å². The maximum Gasteiger partial charge on any atom is 0.133 e. The van der Waals surface area contributed by atoms with Gasteiger partial charge in [-0.2, -0.15) is 0 Å². The highest BCUT2D eigenvalue weighted by Gasteiger charge is 2.13. The highest BCUT2D eigenvalue weighted by Crippen LogP contribution is 2.30. The van der Waals surface area contributed by atoms with Crippen LogP contribution in [0.1, 0.15) is 50.3 Å². The number of benzene rings is 1. The number of pyridine rings is 1. The van der Waals surface area contributed by atoms with Crippen molar-refractivity contribution in [3.05, 3.63) is 35.5 Å². The molecule has 0 unspecified atom stereocenters. The molecule has 0 saturated heterocycles. The first-order valence-electron chi connectivity index (χ1n) is 9.06. The van der Waals surface area contributed by atoms with Crippen LogP contribution in [0.4, 0.5) is 0 Å². The molecule has 2 rings (SSSR count). The van der Waals surface area contributed by atoms with E-state index in [1.807, 2.05) is 18.2 Å². The van der Waals surface area contributed by atoms with Crippen LogP contribution in [0.3, 0.4) is 0 Å². The van der Waals surface area contributed by atoms with Crippen LogP contribution in [0.2, 0.25) is 0 Å². The van der Waals surface area contributed by atoms with Crippen LogP contribution in [-0.2, 0) is 11.3 Å². The van der Waals surface area contributed by atoms with Gasteiger partial charge in [-0.3, -0.25) is 0 Å². The zero-order valence-corrected chi connectivity index (χ0v) is 15.0. The van der Waals surface area contributed by atoms with E-state index in [1.165, 1.54) is 0 Å². The van der Waals surface area contributed by atoms with Crippen molar-refractivity contribution in [2.45, 2.75) is 52.6 Å². The largest absolute Gasteiger partial charge is 0.493 e. The number of fused-ring (bicyclic) bond motifs is 1. The minimum atomic E-state index is 0.531. The standard InChI is InChI=1S/C20H30N2O2/c1-3-4-14-24-20-16(2)19(15-23-13-9-5-8-12-21)22-18-11-7-6-10-17(18)20/h6-7,10-11H,3-5,8-9,12-15,21H2,1-2H3. The van der Waals surface area contributed by atoms with E-state index in [1.54, 1.807) is 0 Å². The number of aromatic nitrogens is 1. The molecule has 2 N–H and O–H groups in total. The van der Waals surface area contributed by atoms with Crippen molar-refractivity contribution in [3.63, 3.8) is 0 Å². The number of hydrogen-bond donors (Lipinski definition) is 1. The van der Waals surface area contributed by atoms with Gasteiger partial charge in [-0.15, -0.1) is 0 Å². The van der Waals surface area contributed by atoms with E-state index in [0.29, 0.717) is 6.61 Å². The van der Waals surface area contributed by atoms with E-state index in [-0.39, 0.29) is 0 Å². The van der Waals surface area contributed by atoms with Gasteiger partial charge in [-0.1, -0.05) is 25.5 Å². The predicted molar refractivity (Wildman–Crippen MR) is 99.4 cm³/mol. The van der Waals surface area contributed by atoms with E-state index in [2.05, 4.69) is 19.9 Å². The Balaban J connectivity index is 2.09. The molecule has 0 aliphatic heterocycles. The number of rotatable bonds is 11. The zero-order chi connectivity index (χ0) is 17.2. The maximum absolute atomic E-state index is 6.08. The third-order valence-corrected chi connectivity index (χ3v) is 4.15. The molecular formula is C20H30N2O2. The molecule has 1 heterocycles. The van der Waals surface area contributed by atoms with E-state index in [9.17, 15) is 0 Å². The molecular weight excluding hydrogens is 300 g/mol. The van der Waals surface area contributed by atoms with E-state index in [0.717, 1.165) is 79.8 Å². The van der Waals surface area contributed by atoms with Gasteiger partial charge in [-0.25, -0.2) is 4.98 Å². The van der Waals surface area contributed by atoms with Crippen molar-refractivity contribution in [3.8, 4) is 5.75 Å². The van der Waals surface area contributed by atoms with Crippen LogP contribution >= 0.6 is 0 Å². The second-order valence-electron chi connectivity index (χ2n) is 6.13. The molecule has 1 aromatic carbocycles. The lowest BCUT2D eigenvalue weighted by Gasteiger charge is -2.15. The predicted octanol–water partition coefficient (Wildman–Crippen LogP) is 4.37. The topological polar surface area (TPSA) is 57.4 Å². The summed E-state index contributed by atoms with van der Waals surface area (Å²) in [6, 6.07) is 8.15. The molecule has 2 aromatic rings. The van der Waals surface area contributed by atoms with Gasteiger partial charge in [-0.05, 0) is 51.3 Å². The van der Waals surface area contributed by atoms with Gasteiger partial charge in [0.2, 0.25) is 0 Å². The summed E-state index contributed by atoms with van der Waals surface area (Å²) in [5.74, 6) is 0.954. The number of nitrogens with two attached hydrogens (primary N) is 1. The zero-order valence-electron chi connectivity index (χ0n) is 15.0. The molecule has 24 heavy (non-hydrogen) atoms. The molecule has 0 fully saturated rings. The Morgan fingerprint density at radius 2 is 1.88 bits per heavy atom. The second-order valence-corrected chi connectivity index (χ2v) is 6.13. The Morgan fingerprint density at radius 3 is 2.67 bits per heavy atom. The quantitative estimate of drug-likeness (QED) is 0.622. The van der Waals surface area contributed by atoms with Crippen molar-refractivity contribution < 1.29 is 9.47 Å². The molecule has 0 radical (unpaired) electrons. The molecule has 0 saturated carbocycles. The number of unbranched alkanes of at least 4 members (excludes halogenated alkanes) is 3. The van der Waals surface area contributed by atoms with E-state index < -0.39 is 0 Å². The lowest BCUT2D eigenvalue weighted by molar-refractivity contribution is 0.114. The van der Waals surface area contributed by atoms with Gasteiger partial charge in [0.1, 0.15) is 5.75 Å². The Bertz CT molecular complexity index is 628. The lowest BCUT2D eigenvalue weighted by Crippen LogP contribution is -2.06. The molecule has 4 nitrogen and oxygen atoms in total. The van der Waals surface area contributed by atoms with Crippen LogP contribution in [-0.4, -0.2) is 24.7 Å². The van der Waals surface area contributed by atoms with Crippen LogP contribution in [0.15, 0.2) is 24.3 Å². The first kappa shape index (κ1) is 18.7. The summed E-state index contributed by atoms with van der Waals surface area (Å²) >= 11 is 0. The SMILES string of the molecule is CCCCOc1c(C)c(COCCCCCN)nc2ccccc12. The molecule has 0 atom stereocenters. The third-order valence-electron chi connectivity index (χ3n) is 4.15. The average molecular weight is 330 g/mol. The normalized spacial score (nSPS) is 11.1. The molecule has 1 aromatic heterocycles. The Kier molecular flexibility index (Phi) is 7.99. The summed E-state index contributed by atoms with van der Waals surface area (Å²) in [5, 5.41) is 1.08. The summed E-state index contributed by atoms with van der Waals surface area (Å²) in [5.41, 5.74) is 8.54. The molecule has 132 valence electrons. The smallest absolute Gasteiger partial charge is 0.133 e. The molecule has 0 spiro atoms. The van der Waals surface area contributed by atoms with Gasteiger partial charge in [0, 0.05) is 17.6 Å². The number of hydrogen-bond acceptors (Lipinski definition) is 4. The van der Waals surface area contributed by atoms with E-state index >= 15 is 0 Å². The highest BCUT2D eigenvalue weighted by molar-refractivity contribution is 5.86. The number of nitrogens with zero attached hydrogens (tertiary/aromatic N) is 1. The first-order chi connectivity index (χ1) is 11.8. The van der Waals surface area contributed by atoms with Crippen molar-refractivity contribution >= 4 is 10.9 Å². The third kappa shape index (κ3) is 5.18. The van der Waals surface area contributed by atoms with Crippen molar-refractivity contribution in [1.29, 1.82) is 0 Å². The Morgan fingerprint density at radius 1 is 1.04 bits per heavy atom. The summed E-state index contributed by atoms with van der Waals surface area (Å²) in [6.07, 6.45) is 5.41. The summed E-state index contributed by atoms with van der Waals surface area (Å²) in [7, 11) is 0. The summed E-state index contributed by atoms with van der Waals surface area (Å²) in [6.45, 7) is 7.02. The fourth-order valence-corrected chi connectivity index (χ4v) is 2.66. The van der Waals surface area contributed by atoms with Crippen LogP contribution in [0.5, 0.6) is 5.75 Å². The minimum Gasteiger partial charge on any atom is -0.493 e. The molecule has 0 bridgehead atoms. The molecule has 0 aliphatic rings. The highest BCUT2D eigenvalue weighted by atomic mass is 16.5. The molecule has 0 aliphatic carbocycles. The minimum absolute atomic E-state index is 0.531. The first-order valence-corrected chi connectivity index (χ1v) is 9.06. The van der Waals surface area contributed by atoms with Gasteiger partial charge in [0.05, 0.1) is 24.4 Å². The van der Waals surface area contributed by atoms with Crippen molar-refractivity contribution in [2.24, 2.45) is 5.73 Å². The fourth-order valence-electron chi connectivity index (χ4n) is 2.66. The monoisotopic (exact) mass is 330 g/mol. The van der Waals surface area contributed by atoms with E-state index in [4.69, 9.17) is 20.2 Å². The van der Waals surface area contributed by atoms with Crippen molar-refractivity contribution in [1.82, 2.24) is 4.98 Å². The van der Waals surface area contributed by atoms with Crippen LogP contribution in [0.25, 0.3) is 10.9 Å². The lowest BCUT2D eigenvalue weighted by atomic mass is 10.1. The number of para-hydroxylation sites is 1. The van der Waals surface area contributed by atoms with Crippen LogP contribution in [0, 0.1) is 6.92 Å². The summed E-state index contributed by atoms with van der Waals surface area (Å²) < 4.78 is 11.9. The van der Waals surface area contributed by atoms with Crippen LogP contribution < -0.4 is 10.5 Å². The molecule has 0 amide bonds. The van der Waals surface area contributed by atoms with Gasteiger partial charge < -0.3 is 15.2 Å². The maximum atomic E-state index is 6.08. The fraction of sp³-hybridized carbons (Fsp3) is 0.550. The van der Waals surface area contributed by atoms with Gasteiger partial charge in [0.15, 0.2) is 0 Å². The Labute approximate surface area is 145 Å². The Hall–Kier alpha value is -1.65. The van der Waals surface area contributed by atoms with Gasteiger partial charge >= 0.3 is 0 Å². The average Bonchev–Trinajstić information content (AvgIpc) is 2.60. The molecule has 4 heteroatoms. The summed E-state index contributed by atoms with van der Waals surface area (Å²) in [4.78, 5) is 4.77. The second kappa shape index (κ2) is 10.3. The van der Waals surface area contributed by atoms with Gasteiger partial charge in [0.25, 0.3) is 0 Å².